The maximum absolute atomic E-state index is 12.1. The van der Waals surface area contributed by atoms with Crippen molar-refractivity contribution in [3.63, 3.8) is 0 Å². The fraction of sp³-hybridized carbons (Fsp3) is 0.571. The van der Waals surface area contributed by atoms with Crippen LogP contribution in [0.4, 0.5) is 14.6 Å². The molecule has 1 saturated heterocycles. The molecule has 4 nitrogen and oxygen atoms in total. The van der Waals surface area contributed by atoms with Crippen LogP contribution in [0.25, 0.3) is 0 Å². The fourth-order valence-corrected chi connectivity index (χ4v) is 2.37. The molecule has 1 aromatic rings. The van der Waals surface area contributed by atoms with Gasteiger partial charge < -0.3 is 10.2 Å². The lowest BCUT2D eigenvalue weighted by atomic mass is 9.97. The summed E-state index contributed by atoms with van der Waals surface area (Å²) in [6.07, 6.45) is 0.882. The Hall–Kier alpha value is -1.72. The molecule has 1 atom stereocenters. The summed E-state index contributed by atoms with van der Waals surface area (Å²) >= 11 is 0. The van der Waals surface area contributed by atoms with Crippen LogP contribution in [0, 0.1) is 12.8 Å². The van der Waals surface area contributed by atoms with Crippen LogP contribution < -0.4 is 10.2 Å². The van der Waals surface area contributed by atoms with Crippen molar-refractivity contribution in [3.8, 4) is 0 Å². The van der Waals surface area contributed by atoms with Gasteiger partial charge in [0, 0.05) is 19.3 Å². The molecule has 2 heterocycles. The summed E-state index contributed by atoms with van der Waals surface area (Å²) in [6.45, 7) is 2.77. The second kappa shape index (κ2) is 6.63. The average molecular weight is 283 g/mol. The van der Waals surface area contributed by atoms with Crippen molar-refractivity contribution in [2.45, 2.75) is 26.2 Å². The van der Waals surface area contributed by atoms with E-state index in [1.54, 1.807) is 6.20 Å². The van der Waals surface area contributed by atoms with E-state index in [1.807, 2.05) is 24.0 Å². The molecule has 110 valence electrons. The first-order valence-electron chi connectivity index (χ1n) is 6.79. The molecule has 6 heteroatoms. The minimum atomic E-state index is -2.50. The summed E-state index contributed by atoms with van der Waals surface area (Å²) in [5.74, 6) is 0.301. The van der Waals surface area contributed by atoms with Crippen molar-refractivity contribution in [3.05, 3.63) is 23.9 Å². The van der Waals surface area contributed by atoms with Crippen molar-refractivity contribution < 1.29 is 13.6 Å². The van der Waals surface area contributed by atoms with Crippen LogP contribution in [-0.2, 0) is 4.79 Å². The van der Waals surface area contributed by atoms with Gasteiger partial charge in [0.2, 0.25) is 5.91 Å². The maximum Gasteiger partial charge on any atom is 0.255 e. The van der Waals surface area contributed by atoms with E-state index in [1.165, 1.54) is 0 Å². The largest absolute Gasteiger partial charge is 0.356 e. The molecular weight excluding hydrogens is 264 g/mol. The SMILES string of the molecule is Cc1ccc(N2CCCC(C(=O)NCC(F)F)C2)nc1. The average Bonchev–Trinajstić information content (AvgIpc) is 2.45. The van der Waals surface area contributed by atoms with Gasteiger partial charge in [-0.05, 0) is 31.4 Å². The topological polar surface area (TPSA) is 45.2 Å². The van der Waals surface area contributed by atoms with Crippen molar-refractivity contribution in [2.75, 3.05) is 24.5 Å². The third kappa shape index (κ3) is 3.88. The monoisotopic (exact) mass is 283 g/mol. The Kier molecular flexibility index (Phi) is 4.87. The number of hydrogen-bond donors (Lipinski definition) is 1. The predicted octanol–water partition coefficient (Wildman–Crippen LogP) is 1.99. The van der Waals surface area contributed by atoms with Crippen molar-refractivity contribution >= 4 is 11.7 Å². The highest BCUT2D eigenvalue weighted by atomic mass is 19.3. The van der Waals surface area contributed by atoms with Gasteiger partial charge in [0.15, 0.2) is 0 Å². The van der Waals surface area contributed by atoms with E-state index in [-0.39, 0.29) is 11.8 Å². The Labute approximate surface area is 117 Å². The van der Waals surface area contributed by atoms with Crippen molar-refractivity contribution in [1.82, 2.24) is 10.3 Å². The first kappa shape index (κ1) is 14.7. The molecule has 1 aliphatic rings. The number of anilines is 1. The molecule has 0 aliphatic carbocycles. The number of rotatable bonds is 4. The molecule has 1 N–H and O–H groups in total. The van der Waals surface area contributed by atoms with E-state index in [4.69, 9.17) is 0 Å². The summed E-state index contributed by atoms with van der Waals surface area (Å²) in [5, 5.41) is 2.30. The van der Waals surface area contributed by atoms with E-state index in [2.05, 4.69) is 10.3 Å². The van der Waals surface area contributed by atoms with Crippen LogP contribution in [0.5, 0.6) is 0 Å². The molecule has 0 radical (unpaired) electrons. The molecule has 0 saturated carbocycles. The molecule has 1 unspecified atom stereocenters. The Balaban J connectivity index is 1.94. The smallest absolute Gasteiger partial charge is 0.255 e. The van der Waals surface area contributed by atoms with E-state index < -0.39 is 13.0 Å². The number of carbonyl (C=O) groups is 1. The highest BCUT2D eigenvalue weighted by Crippen LogP contribution is 2.21. The van der Waals surface area contributed by atoms with Crippen LogP contribution in [0.15, 0.2) is 18.3 Å². The van der Waals surface area contributed by atoms with Gasteiger partial charge in [0.05, 0.1) is 12.5 Å². The first-order chi connectivity index (χ1) is 9.56. The molecule has 0 spiro atoms. The van der Waals surface area contributed by atoms with Crippen LogP contribution in [0.3, 0.4) is 0 Å². The number of nitrogens with one attached hydrogen (secondary N) is 1. The van der Waals surface area contributed by atoms with Crippen LogP contribution in [-0.4, -0.2) is 37.0 Å². The number of halogens is 2. The Morgan fingerprint density at radius 2 is 2.35 bits per heavy atom. The van der Waals surface area contributed by atoms with Crippen LogP contribution in [0.2, 0.25) is 0 Å². The molecule has 20 heavy (non-hydrogen) atoms. The summed E-state index contributed by atoms with van der Waals surface area (Å²) in [5.41, 5.74) is 1.08. The number of aryl methyl sites for hydroxylation is 1. The van der Waals surface area contributed by atoms with Gasteiger partial charge in [0.25, 0.3) is 6.43 Å². The fourth-order valence-electron chi connectivity index (χ4n) is 2.37. The van der Waals surface area contributed by atoms with Gasteiger partial charge in [-0.1, -0.05) is 6.07 Å². The van der Waals surface area contributed by atoms with Crippen LogP contribution in [0.1, 0.15) is 18.4 Å². The summed E-state index contributed by atoms with van der Waals surface area (Å²) in [7, 11) is 0. The number of piperidine rings is 1. The number of carbonyl (C=O) groups excluding carboxylic acids is 1. The molecule has 1 aromatic heterocycles. The summed E-state index contributed by atoms with van der Waals surface area (Å²) < 4.78 is 24.2. The highest BCUT2D eigenvalue weighted by molar-refractivity contribution is 5.79. The van der Waals surface area contributed by atoms with Crippen LogP contribution >= 0.6 is 0 Å². The maximum atomic E-state index is 12.1. The molecule has 1 aliphatic heterocycles. The number of hydrogen-bond acceptors (Lipinski definition) is 3. The Bertz CT molecular complexity index is 450. The minimum absolute atomic E-state index is 0.245. The Morgan fingerprint density at radius 1 is 1.55 bits per heavy atom. The molecular formula is C14H19F2N3O. The van der Waals surface area contributed by atoms with E-state index in [0.717, 1.165) is 30.8 Å². The van der Waals surface area contributed by atoms with E-state index in [0.29, 0.717) is 6.54 Å². The molecule has 2 rings (SSSR count). The first-order valence-corrected chi connectivity index (χ1v) is 6.79. The second-order valence-corrected chi connectivity index (χ2v) is 5.12. The third-order valence-electron chi connectivity index (χ3n) is 3.44. The molecule has 0 aromatic carbocycles. The van der Waals surface area contributed by atoms with Gasteiger partial charge in [-0.15, -0.1) is 0 Å². The number of aromatic nitrogens is 1. The van der Waals surface area contributed by atoms with Gasteiger partial charge in [0.1, 0.15) is 5.82 Å². The zero-order valence-electron chi connectivity index (χ0n) is 11.5. The quantitative estimate of drug-likeness (QED) is 0.919. The minimum Gasteiger partial charge on any atom is -0.356 e. The zero-order valence-corrected chi connectivity index (χ0v) is 11.5. The highest BCUT2D eigenvalue weighted by Gasteiger charge is 2.26. The number of amides is 1. The van der Waals surface area contributed by atoms with Crippen molar-refractivity contribution in [1.29, 1.82) is 0 Å². The summed E-state index contributed by atoms with van der Waals surface area (Å²) in [4.78, 5) is 18.2. The standard InChI is InChI=1S/C14H19F2N3O/c1-10-4-5-13(17-7-10)19-6-2-3-11(9-19)14(20)18-8-12(15)16/h4-5,7,11-12H,2-3,6,8-9H2,1H3,(H,18,20). The Morgan fingerprint density at radius 3 is 3.00 bits per heavy atom. The normalized spacial score (nSPS) is 19.2. The van der Waals surface area contributed by atoms with Gasteiger partial charge in [-0.25, -0.2) is 13.8 Å². The number of pyridine rings is 1. The molecule has 0 bridgehead atoms. The summed E-state index contributed by atoms with van der Waals surface area (Å²) in [6, 6.07) is 3.90. The third-order valence-corrected chi connectivity index (χ3v) is 3.44. The molecule has 1 fully saturated rings. The van der Waals surface area contributed by atoms with Gasteiger partial charge >= 0.3 is 0 Å². The lowest BCUT2D eigenvalue weighted by Gasteiger charge is -2.32. The van der Waals surface area contributed by atoms with E-state index >= 15 is 0 Å². The van der Waals surface area contributed by atoms with E-state index in [9.17, 15) is 13.6 Å². The lowest BCUT2D eigenvalue weighted by molar-refractivity contribution is -0.125. The number of alkyl halides is 2. The predicted molar refractivity (Wildman–Crippen MR) is 72.9 cm³/mol. The van der Waals surface area contributed by atoms with Gasteiger partial charge in [-0.3, -0.25) is 4.79 Å². The van der Waals surface area contributed by atoms with Crippen molar-refractivity contribution in [2.24, 2.45) is 5.92 Å². The second-order valence-electron chi connectivity index (χ2n) is 5.12. The zero-order chi connectivity index (χ0) is 14.5. The van der Waals surface area contributed by atoms with Gasteiger partial charge in [-0.2, -0.15) is 0 Å². The lowest BCUT2D eigenvalue weighted by Crippen LogP contribution is -2.44. The number of nitrogens with zero attached hydrogens (tertiary/aromatic N) is 2. The molecule has 1 amide bonds.